The number of nitrogens with zero attached hydrogens (tertiary/aromatic N) is 1. The van der Waals surface area contributed by atoms with Gasteiger partial charge in [0.1, 0.15) is 12.4 Å². The minimum absolute atomic E-state index is 0.122. The zero-order valence-corrected chi connectivity index (χ0v) is 15.6. The number of thiocarbonyl (C=S) groups is 1. The maximum atomic E-state index is 13.9. The molecule has 25 heavy (non-hydrogen) atoms. The molecule has 1 atom stereocenters. The fourth-order valence-corrected chi connectivity index (χ4v) is 3.70. The van der Waals surface area contributed by atoms with Crippen LogP contribution in [-0.4, -0.2) is 29.8 Å². The Morgan fingerprint density at radius 3 is 2.64 bits per heavy atom. The van der Waals surface area contributed by atoms with Crippen molar-refractivity contribution in [3.05, 3.63) is 65.0 Å². The first-order valence-electron chi connectivity index (χ1n) is 8.72. The van der Waals surface area contributed by atoms with E-state index in [1.165, 1.54) is 22.1 Å². The molecule has 2 N–H and O–H groups in total. The third kappa shape index (κ3) is 4.77. The van der Waals surface area contributed by atoms with Crippen LogP contribution in [0, 0.1) is 19.7 Å². The van der Waals surface area contributed by atoms with Crippen LogP contribution >= 0.6 is 12.2 Å². The van der Waals surface area contributed by atoms with Gasteiger partial charge in [0.2, 0.25) is 0 Å². The lowest BCUT2D eigenvalue weighted by molar-refractivity contribution is -0.927. The molecule has 1 aliphatic heterocycles. The molecule has 0 saturated carbocycles. The van der Waals surface area contributed by atoms with E-state index >= 15 is 0 Å². The first-order valence-corrected chi connectivity index (χ1v) is 9.13. The highest BCUT2D eigenvalue weighted by atomic mass is 32.1. The van der Waals surface area contributed by atoms with Gasteiger partial charge in [0, 0.05) is 24.2 Å². The molecule has 3 nitrogen and oxygen atoms in total. The van der Waals surface area contributed by atoms with Crippen LogP contribution < -0.4 is 10.2 Å². The summed E-state index contributed by atoms with van der Waals surface area (Å²) >= 11 is 5.61. The van der Waals surface area contributed by atoms with Crippen LogP contribution in [-0.2, 0) is 6.54 Å². The second kappa shape index (κ2) is 7.93. The lowest BCUT2D eigenvalue weighted by Gasteiger charge is -2.34. The molecule has 0 spiro atoms. The summed E-state index contributed by atoms with van der Waals surface area (Å²) in [5, 5.41) is 4.11. The molecule has 5 heteroatoms. The van der Waals surface area contributed by atoms with Crippen LogP contribution in [0.1, 0.15) is 23.1 Å². The van der Waals surface area contributed by atoms with Crippen LogP contribution in [0.25, 0.3) is 0 Å². The van der Waals surface area contributed by atoms with Gasteiger partial charge in [0.25, 0.3) is 0 Å². The quantitative estimate of drug-likeness (QED) is 0.823. The SMILES string of the molecule is Cc1cc(C)cc(NC(=S)N2CCC[NH+](Cc3ccccc3F)C2)c1. The predicted molar refractivity (Wildman–Crippen MR) is 104 cm³/mol. The molecule has 2 aromatic rings. The molecule has 0 aliphatic carbocycles. The Bertz CT molecular complexity index is 742. The van der Waals surface area contributed by atoms with E-state index in [1.807, 2.05) is 12.1 Å². The van der Waals surface area contributed by atoms with Crippen molar-refractivity contribution in [1.29, 1.82) is 0 Å². The highest BCUT2D eigenvalue weighted by molar-refractivity contribution is 7.80. The van der Waals surface area contributed by atoms with E-state index in [4.69, 9.17) is 12.2 Å². The lowest BCUT2D eigenvalue weighted by atomic mass is 10.1. The summed E-state index contributed by atoms with van der Waals surface area (Å²) in [7, 11) is 0. The summed E-state index contributed by atoms with van der Waals surface area (Å²) in [5.74, 6) is -0.122. The van der Waals surface area contributed by atoms with E-state index in [0.29, 0.717) is 6.54 Å². The van der Waals surface area contributed by atoms with E-state index in [2.05, 4.69) is 42.3 Å². The van der Waals surface area contributed by atoms with Gasteiger partial charge in [0.15, 0.2) is 11.8 Å². The van der Waals surface area contributed by atoms with E-state index < -0.39 is 0 Å². The fourth-order valence-electron chi connectivity index (χ4n) is 3.43. The van der Waals surface area contributed by atoms with Gasteiger partial charge in [-0.15, -0.1) is 0 Å². The highest BCUT2D eigenvalue weighted by Gasteiger charge is 2.23. The van der Waals surface area contributed by atoms with Gasteiger partial charge in [0.05, 0.1) is 6.54 Å². The molecule has 1 saturated heterocycles. The molecule has 1 heterocycles. The molecule has 1 unspecified atom stereocenters. The fraction of sp³-hybridized carbons (Fsp3) is 0.350. The largest absolute Gasteiger partial charge is 0.332 e. The smallest absolute Gasteiger partial charge is 0.177 e. The zero-order valence-electron chi connectivity index (χ0n) is 14.8. The Balaban J connectivity index is 1.62. The van der Waals surface area contributed by atoms with Crippen LogP contribution in [0.15, 0.2) is 42.5 Å². The molecule has 0 amide bonds. The normalized spacial score (nSPS) is 17.4. The topological polar surface area (TPSA) is 19.7 Å². The molecular weight excluding hydrogens is 333 g/mol. The van der Waals surface area contributed by atoms with Crippen molar-refractivity contribution < 1.29 is 9.29 Å². The maximum Gasteiger partial charge on any atom is 0.177 e. The number of quaternary nitrogens is 1. The molecular formula is C20H25FN3S+. The van der Waals surface area contributed by atoms with Crippen molar-refractivity contribution in [2.45, 2.75) is 26.8 Å². The van der Waals surface area contributed by atoms with Gasteiger partial charge in [-0.3, -0.25) is 0 Å². The second-order valence-corrected chi connectivity index (χ2v) is 7.24. The Morgan fingerprint density at radius 2 is 1.92 bits per heavy atom. The molecule has 132 valence electrons. The monoisotopic (exact) mass is 358 g/mol. The molecule has 1 fully saturated rings. The number of hydrogen-bond donors (Lipinski definition) is 2. The van der Waals surface area contributed by atoms with E-state index in [0.717, 1.165) is 42.5 Å². The van der Waals surface area contributed by atoms with Crippen LogP contribution in [0.5, 0.6) is 0 Å². The second-order valence-electron chi connectivity index (χ2n) is 6.85. The molecule has 0 aromatic heterocycles. The van der Waals surface area contributed by atoms with Gasteiger partial charge in [-0.25, -0.2) is 4.39 Å². The highest BCUT2D eigenvalue weighted by Crippen LogP contribution is 2.14. The Hall–Kier alpha value is -1.98. The average molecular weight is 359 g/mol. The summed E-state index contributed by atoms with van der Waals surface area (Å²) in [5.41, 5.74) is 4.24. The van der Waals surface area contributed by atoms with E-state index in [-0.39, 0.29) is 5.82 Å². The van der Waals surface area contributed by atoms with Crippen LogP contribution in [0.2, 0.25) is 0 Å². The molecule has 0 bridgehead atoms. The first kappa shape index (κ1) is 17.8. The van der Waals surface area contributed by atoms with Crippen molar-refractivity contribution in [3.63, 3.8) is 0 Å². The van der Waals surface area contributed by atoms with Gasteiger partial charge >= 0.3 is 0 Å². The molecule has 2 aromatic carbocycles. The zero-order chi connectivity index (χ0) is 17.8. The summed E-state index contributed by atoms with van der Waals surface area (Å²) in [6, 6.07) is 13.4. The Labute approximate surface area is 154 Å². The summed E-state index contributed by atoms with van der Waals surface area (Å²) in [4.78, 5) is 3.52. The maximum absolute atomic E-state index is 13.9. The first-order chi connectivity index (χ1) is 12.0. The minimum Gasteiger partial charge on any atom is -0.332 e. The van der Waals surface area contributed by atoms with Crippen molar-refractivity contribution >= 4 is 23.0 Å². The average Bonchev–Trinajstić information content (AvgIpc) is 2.56. The van der Waals surface area contributed by atoms with E-state index in [9.17, 15) is 4.39 Å². The van der Waals surface area contributed by atoms with Crippen molar-refractivity contribution in [3.8, 4) is 0 Å². The third-order valence-electron chi connectivity index (χ3n) is 4.53. The van der Waals surface area contributed by atoms with Gasteiger partial charge in [-0.2, -0.15) is 0 Å². The predicted octanol–water partition coefficient (Wildman–Crippen LogP) is 2.89. The molecule has 1 aliphatic rings. The lowest BCUT2D eigenvalue weighted by Crippen LogP contribution is -3.13. The number of aryl methyl sites for hydroxylation is 2. The number of hydrogen-bond acceptors (Lipinski definition) is 1. The van der Waals surface area contributed by atoms with Crippen molar-refractivity contribution in [2.24, 2.45) is 0 Å². The summed E-state index contributed by atoms with van der Waals surface area (Å²) < 4.78 is 13.9. The number of halogens is 1. The van der Waals surface area contributed by atoms with Crippen LogP contribution in [0.3, 0.4) is 0 Å². The Morgan fingerprint density at radius 1 is 1.20 bits per heavy atom. The van der Waals surface area contributed by atoms with Gasteiger partial charge < -0.3 is 15.1 Å². The van der Waals surface area contributed by atoms with Crippen molar-refractivity contribution in [1.82, 2.24) is 4.90 Å². The standard InChI is InChI=1S/C20H24FN3S/c1-15-10-16(2)12-18(11-15)22-20(25)24-9-5-8-23(14-24)13-17-6-3-4-7-19(17)21/h3-4,6-7,10-12H,5,8-9,13-14H2,1-2H3,(H,22,25)/p+1. The number of rotatable bonds is 3. The Kier molecular flexibility index (Phi) is 5.66. The van der Waals surface area contributed by atoms with Gasteiger partial charge in [-0.1, -0.05) is 24.3 Å². The number of benzene rings is 2. The number of nitrogens with one attached hydrogen (secondary N) is 2. The molecule has 3 rings (SSSR count). The number of anilines is 1. The van der Waals surface area contributed by atoms with Gasteiger partial charge in [-0.05, 0) is 55.4 Å². The third-order valence-corrected chi connectivity index (χ3v) is 4.89. The van der Waals surface area contributed by atoms with E-state index in [1.54, 1.807) is 6.07 Å². The molecule has 0 radical (unpaired) electrons. The van der Waals surface area contributed by atoms with Crippen LogP contribution in [0.4, 0.5) is 10.1 Å². The van der Waals surface area contributed by atoms with Crippen molar-refractivity contribution in [2.75, 3.05) is 25.1 Å². The minimum atomic E-state index is -0.122. The summed E-state index contributed by atoms with van der Waals surface area (Å²) in [6.07, 6.45) is 1.05. The summed E-state index contributed by atoms with van der Waals surface area (Å²) in [6.45, 7) is 7.64.